The van der Waals surface area contributed by atoms with Crippen LogP contribution < -0.4 is 0 Å². The fourth-order valence-electron chi connectivity index (χ4n) is 1.81. The Morgan fingerprint density at radius 3 is 1.30 bits per heavy atom. The minimum Gasteiger partial charge on any atom is -0.478 e. The average Bonchev–Trinajstić information content (AvgIpc) is 2.39. The number of hydrogen-bond acceptors (Lipinski definition) is 2. The van der Waals surface area contributed by atoms with E-state index < -0.39 is 11.9 Å². The zero-order chi connectivity index (χ0) is 15.4. The highest BCUT2D eigenvalue weighted by Crippen LogP contribution is 2.10. The Labute approximate surface area is 121 Å². The largest absolute Gasteiger partial charge is 0.478 e. The van der Waals surface area contributed by atoms with Gasteiger partial charge in [0, 0.05) is 11.1 Å². The number of hydrogen-bond donors (Lipinski definition) is 2. The van der Waals surface area contributed by atoms with Crippen molar-refractivity contribution in [2.45, 2.75) is 65.2 Å². The quantitative estimate of drug-likeness (QED) is 0.440. The molecule has 0 spiro atoms. The summed E-state index contributed by atoms with van der Waals surface area (Å²) >= 11 is 0. The van der Waals surface area contributed by atoms with Crippen molar-refractivity contribution in [3.8, 4) is 0 Å². The zero-order valence-electron chi connectivity index (χ0n) is 12.5. The Morgan fingerprint density at radius 1 is 0.700 bits per heavy atom. The van der Waals surface area contributed by atoms with Crippen LogP contribution in [0.4, 0.5) is 0 Å². The third-order valence-corrected chi connectivity index (χ3v) is 3.23. The van der Waals surface area contributed by atoms with Gasteiger partial charge < -0.3 is 10.2 Å². The number of unbranched alkanes of at least 4 members (excludes halogenated alkanes) is 7. The van der Waals surface area contributed by atoms with Crippen molar-refractivity contribution in [2.75, 3.05) is 0 Å². The van der Waals surface area contributed by atoms with Crippen molar-refractivity contribution in [3.05, 3.63) is 23.3 Å². The molecule has 0 bridgehead atoms. The van der Waals surface area contributed by atoms with Crippen LogP contribution in [0.5, 0.6) is 0 Å². The molecule has 0 aromatic rings. The Morgan fingerprint density at radius 2 is 1.00 bits per heavy atom. The van der Waals surface area contributed by atoms with Crippen LogP contribution in [0.1, 0.15) is 65.2 Å². The van der Waals surface area contributed by atoms with Crippen molar-refractivity contribution in [3.63, 3.8) is 0 Å². The summed E-state index contributed by atoms with van der Waals surface area (Å²) in [5.41, 5.74) is 0.844. The molecule has 20 heavy (non-hydrogen) atoms. The second-order valence-electron chi connectivity index (χ2n) is 5.08. The number of carboxylic acids is 2. The van der Waals surface area contributed by atoms with E-state index in [-0.39, 0.29) is 0 Å². The number of allylic oxidation sites excluding steroid dienone is 2. The lowest BCUT2D eigenvalue weighted by Gasteiger charge is -2.00. The van der Waals surface area contributed by atoms with E-state index in [0.29, 0.717) is 11.1 Å². The highest BCUT2D eigenvalue weighted by atomic mass is 16.4. The van der Waals surface area contributed by atoms with Crippen LogP contribution >= 0.6 is 0 Å². The SMILES string of the molecule is CC(=CCCCCCCCCC=C(C)C(=O)O)C(=O)O. The molecule has 0 unspecified atom stereocenters. The van der Waals surface area contributed by atoms with Gasteiger partial charge in [-0.1, -0.05) is 37.8 Å². The van der Waals surface area contributed by atoms with Gasteiger partial charge in [0.2, 0.25) is 0 Å². The standard InChI is InChI=1S/C16H26O4/c1-13(15(17)18)11-9-7-5-3-4-6-8-10-12-14(2)16(19)20/h11-12H,3-10H2,1-2H3,(H,17,18)(H,19,20). The van der Waals surface area contributed by atoms with Crippen LogP contribution in [-0.4, -0.2) is 22.2 Å². The molecule has 0 amide bonds. The lowest BCUT2D eigenvalue weighted by Crippen LogP contribution is -1.95. The zero-order valence-corrected chi connectivity index (χ0v) is 12.5. The van der Waals surface area contributed by atoms with Gasteiger partial charge in [-0.25, -0.2) is 9.59 Å². The first kappa shape index (κ1) is 18.4. The molecule has 0 atom stereocenters. The summed E-state index contributed by atoms with van der Waals surface area (Å²) < 4.78 is 0. The summed E-state index contributed by atoms with van der Waals surface area (Å²) in [4.78, 5) is 21.1. The molecule has 0 fully saturated rings. The first-order valence-electron chi connectivity index (χ1n) is 7.25. The van der Waals surface area contributed by atoms with E-state index in [1.807, 2.05) is 0 Å². The maximum absolute atomic E-state index is 10.5. The topological polar surface area (TPSA) is 74.6 Å². The second kappa shape index (κ2) is 11.3. The van der Waals surface area contributed by atoms with Gasteiger partial charge in [-0.2, -0.15) is 0 Å². The molecule has 2 N–H and O–H groups in total. The normalized spacial score (nSPS) is 12.5. The van der Waals surface area contributed by atoms with Crippen LogP contribution in [0, 0.1) is 0 Å². The van der Waals surface area contributed by atoms with Crippen LogP contribution in [0.3, 0.4) is 0 Å². The smallest absolute Gasteiger partial charge is 0.330 e. The maximum Gasteiger partial charge on any atom is 0.330 e. The van der Waals surface area contributed by atoms with Gasteiger partial charge in [-0.3, -0.25) is 0 Å². The summed E-state index contributed by atoms with van der Waals surface area (Å²) in [6.07, 6.45) is 11.8. The van der Waals surface area contributed by atoms with Crippen LogP contribution in [0.15, 0.2) is 23.3 Å². The Bertz CT molecular complexity index is 331. The highest BCUT2D eigenvalue weighted by molar-refractivity contribution is 5.86. The third kappa shape index (κ3) is 10.4. The maximum atomic E-state index is 10.5. The Balaban J connectivity index is 3.42. The highest BCUT2D eigenvalue weighted by Gasteiger charge is 1.99. The Hall–Kier alpha value is -1.58. The van der Waals surface area contributed by atoms with Crippen LogP contribution in [0.25, 0.3) is 0 Å². The summed E-state index contributed by atoms with van der Waals surface area (Å²) in [6.45, 7) is 3.24. The van der Waals surface area contributed by atoms with E-state index in [9.17, 15) is 9.59 Å². The van der Waals surface area contributed by atoms with Crippen LogP contribution in [0.2, 0.25) is 0 Å². The molecule has 0 aromatic heterocycles. The molecule has 0 aliphatic heterocycles. The molecule has 114 valence electrons. The van der Waals surface area contributed by atoms with E-state index in [1.165, 1.54) is 0 Å². The molecule has 0 rings (SSSR count). The summed E-state index contributed by atoms with van der Waals surface area (Å²) in [6, 6.07) is 0. The van der Waals surface area contributed by atoms with Gasteiger partial charge in [-0.15, -0.1) is 0 Å². The minimum atomic E-state index is -0.838. The molecule has 0 radical (unpaired) electrons. The molecule has 0 aliphatic rings. The number of carboxylic acid groups (broad SMARTS) is 2. The molecule has 0 saturated heterocycles. The molecule has 4 nitrogen and oxygen atoms in total. The molecule has 0 aromatic carbocycles. The lowest BCUT2D eigenvalue weighted by atomic mass is 10.1. The summed E-state index contributed by atoms with van der Waals surface area (Å²) in [5.74, 6) is -1.68. The predicted molar refractivity (Wildman–Crippen MR) is 79.7 cm³/mol. The van der Waals surface area contributed by atoms with E-state index >= 15 is 0 Å². The number of rotatable bonds is 11. The molecule has 4 heteroatoms. The van der Waals surface area contributed by atoms with Crippen molar-refractivity contribution in [2.24, 2.45) is 0 Å². The number of carbonyl (C=O) groups is 2. The van der Waals surface area contributed by atoms with Crippen molar-refractivity contribution >= 4 is 11.9 Å². The van der Waals surface area contributed by atoms with E-state index in [4.69, 9.17) is 10.2 Å². The van der Waals surface area contributed by atoms with Gasteiger partial charge in [0.15, 0.2) is 0 Å². The van der Waals surface area contributed by atoms with Crippen molar-refractivity contribution in [1.29, 1.82) is 0 Å². The van der Waals surface area contributed by atoms with E-state index in [1.54, 1.807) is 26.0 Å². The van der Waals surface area contributed by atoms with Gasteiger partial charge >= 0.3 is 11.9 Å². The van der Waals surface area contributed by atoms with Crippen molar-refractivity contribution in [1.82, 2.24) is 0 Å². The Kier molecular flexibility index (Phi) is 10.4. The monoisotopic (exact) mass is 282 g/mol. The summed E-state index contributed by atoms with van der Waals surface area (Å²) in [7, 11) is 0. The van der Waals surface area contributed by atoms with Crippen LogP contribution in [-0.2, 0) is 9.59 Å². The molecule has 0 saturated carbocycles. The third-order valence-electron chi connectivity index (χ3n) is 3.23. The first-order chi connectivity index (χ1) is 9.45. The van der Waals surface area contributed by atoms with Crippen molar-refractivity contribution < 1.29 is 19.8 Å². The molecular weight excluding hydrogens is 256 g/mol. The summed E-state index contributed by atoms with van der Waals surface area (Å²) in [5, 5.41) is 17.3. The molecule has 0 aliphatic carbocycles. The first-order valence-corrected chi connectivity index (χ1v) is 7.25. The minimum absolute atomic E-state index is 0.422. The van der Waals surface area contributed by atoms with E-state index in [0.717, 1.165) is 51.4 Å². The molecular formula is C16H26O4. The average molecular weight is 282 g/mol. The fraction of sp³-hybridized carbons (Fsp3) is 0.625. The fourth-order valence-corrected chi connectivity index (χ4v) is 1.81. The predicted octanol–water partition coefficient (Wildman–Crippen LogP) is 4.17. The second-order valence-corrected chi connectivity index (χ2v) is 5.08. The van der Waals surface area contributed by atoms with Gasteiger partial charge in [-0.05, 0) is 39.5 Å². The molecule has 0 heterocycles. The van der Waals surface area contributed by atoms with Gasteiger partial charge in [0.25, 0.3) is 0 Å². The number of aliphatic carboxylic acids is 2. The van der Waals surface area contributed by atoms with E-state index in [2.05, 4.69) is 0 Å². The lowest BCUT2D eigenvalue weighted by molar-refractivity contribution is -0.133. The van der Waals surface area contributed by atoms with Gasteiger partial charge in [0.05, 0.1) is 0 Å². The van der Waals surface area contributed by atoms with Gasteiger partial charge in [0.1, 0.15) is 0 Å².